The number of anilines is 1. The standard InChI is InChI=1S/C19H23N3O4/c1-24-16-12-15(13-17(25-2)18(16)26-3)21-8-10-22(11-9-21)19(23)14-4-6-20-7-5-14/h4-7,12-13H,8-11H2,1-3H3. The third-order valence-corrected chi connectivity index (χ3v) is 4.51. The number of piperazine rings is 1. The van der Waals surface area contributed by atoms with Crippen LogP contribution in [0.3, 0.4) is 0 Å². The fourth-order valence-electron chi connectivity index (χ4n) is 3.09. The lowest BCUT2D eigenvalue weighted by atomic mass is 10.2. The molecule has 26 heavy (non-hydrogen) atoms. The van der Waals surface area contributed by atoms with E-state index in [1.165, 1.54) is 0 Å². The molecule has 0 radical (unpaired) electrons. The average Bonchev–Trinajstić information content (AvgIpc) is 2.72. The smallest absolute Gasteiger partial charge is 0.254 e. The molecule has 0 aliphatic carbocycles. The van der Waals surface area contributed by atoms with Gasteiger partial charge in [-0.25, -0.2) is 0 Å². The van der Waals surface area contributed by atoms with E-state index in [9.17, 15) is 4.79 Å². The van der Waals surface area contributed by atoms with Gasteiger partial charge in [0.2, 0.25) is 5.75 Å². The van der Waals surface area contributed by atoms with Crippen LogP contribution in [0.2, 0.25) is 0 Å². The van der Waals surface area contributed by atoms with Crippen molar-refractivity contribution in [3.8, 4) is 17.2 Å². The molecule has 1 aliphatic rings. The fourth-order valence-corrected chi connectivity index (χ4v) is 3.09. The number of hydrogen-bond donors (Lipinski definition) is 0. The highest BCUT2D eigenvalue weighted by Gasteiger charge is 2.24. The minimum atomic E-state index is 0.0388. The minimum absolute atomic E-state index is 0.0388. The first kappa shape index (κ1) is 17.8. The molecule has 1 saturated heterocycles. The Hall–Kier alpha value is -2.96. The van der Waals surface area contributed by atoms with Gasteiger partial charge >= 0.3 is 0 Å². The molecule has 0 unspecified atom stereocenters. The summed E-state index contributed by atoms with van der Waals surface area (Å²) in [6, 6.07) is 7.35. The lowest BCUT2D eigenvalue weighted by molar-refractivity contribution is 0.0746. The number of methoxy groups -OCH3 is 3. The summed E-state index contributed by atoms with van der Waals surface area (Å²) in [6.07, 6.45) is 3.28. The Morgan fingerprint density at radius 2 is 1.50 bits per heavy atom. The number of hydrogen-bond acceptors (Lipinski definition) is 6. The van der Waals surface area contributed by atoms with Crippen molar-refractivity contribution in [2.45, 2.75) is 0 Å². The fraction of sp³-hybridized carbons (Fsp3) is 0.368. The molecule has 0 spiro atoms. The van der Waals surface area contributed by atoms with Crippen LogP contribution in [0.15, 0.2) is 36.7 Å². The second kappa shape index (κ2) is 7.95. The Bertz CT molecular complexity index is 734. The third kappa shape index (κ3) is 3.51. The molecular formula is C19H23N3O4. The first-order valence-corrected chi connectivity index (χ1v) is 8.42. The lowest BCUT2D eigenvalue weighted by Crippen LogP contribution is -2.48. The van der Waals surface area contributed by atoms with Gasteiger partial charge in [0.15, 0.2) is 11.5 Å². The SMILES string of the molecule is COc1cc(N2CCN(C(=O)c3ccncc3)CC2)cc(OC)c1OC. The summed E-state index contributed by atoms with van der Waals surface area (Å²) in [4.78, 5) is 20.6. The molecule has 1 amide bonds. The maximum absolute atomic E-state index is 12.6. The van der Waals surface area contributed by atoms with Crippen LogP contribution in [0.5, 0.6) is 17.2 Å². The number of amides is 1. The van der Waals surface area contributed by atoms with Gasteiger partial charge in [-0.05, 0) is 12.1 Å². The van der Waals surface area contributed by atoms with E-state index in [0.717, 1.165) is 18.8 Å². The summed E-state index contributed by atoms with van der Waals surface area (Å²) in [7, 11) is 4.79. The Balaban J connectivity index is 1.73. The van der Waals surface area contributed by atoms with E-state index in [4.69, 9.17) is 14.2 Å². The van der Waals surface area contributed by atoms with Crippen molar-refractivity contribution in [1.82, 2.24) is 9.88 Å². The van der Waals surface area contributed by atoms with Crippen LogP contribution in [0.25, 0.3) is 0 Å². The largest absolute Gasteiger partial charge is 0.493 e. The van der Waals surface area contributed by atoms with Crippen LogP contribution in [0, 0.1) is 0 Å². The van der Waals surface area contributed by atoms with Crippen LogP contribution in [0.4, 0.5) is 5.69 Å². The summed E-state index contributed by atoms with van der Waals surface area (Å²) in [6.45, 7) is 2.76. The van der Waals surface area contributed by atoms with E-state index in [1.54, 1.807) is 45.9 Å². The molecule has 138 valence electrons. The molecule has 2 heterocycles. The number of benzene rings is 1. The van der Waals surface area contributed by atoms with Gasteiger partial charge < -0.3 is 24.0 Å². The van der Waals surface area contributed by atoms with Crippen LogP contribution >= 0.6 is 0 Å². The van der Waals surface area contributed by atoms with Crippen molar-refractivity contribution in [3.63, 3.8) is 0 Å². The lowest BCUT2D eigenvalue weighted by Gasteiger charge is -2.36. The molecule has 7 heteroatoms. The second-order valence-corrected chi connectivity index (χ2v) is 5.90. The molecule has 0 bridgehead atoms. The highest BCUT2D eigenvalue weighted by Crippen LogP contribution is 2.41. The molecule has 0 N–H and O–H groups in total. The van der Waals surface area contributed by atoms with Crippen molar-refractivity contribution in [3.05, 3.63) is 42.2 Å². The monoisotopic (exact) mass is 357 g/mol. The number of nitrogens with zero attached hydrogens (tertiary/aromatic N) is 3. The van der Waals surface area contributed by atoms with E-state index in [0.29, 0.717) is 35.9 Å². The van der Waals surface area contributed by atoms with E-state index >= 15 is 0 Å². The van der Waals surface area contributed by atoms with Crippen LogP contribution < -0.4 is 19.1 Å². The van der Waals surface area contributed by atoms with Gasteiger partial charge in [-0.3, -0.25) is 9.78 Å². The number of ether oxygens (including phenoxy) is 3. The topological polar surface area (TPSA) is 64.1 Å². The predicted octanol–water partition coefficient (Wildman–Crippen LogP) is 2.07. The Kier molecular flexibility index (Phi) is 5.46. The number of aromatic nitrogens is 1. The summed E-state index contributed by atoms with van der Waals surface area (Å²) in [5, 5.41) is 0. The van der Waals surface area contributed by atoms with Gasteiger partial charge in [0.1, 0.15) is 0 Å². The second-order valence-electron chi connectivity index (χ2n) is 5.90. The normalized spacial score (nSPS) is 14.1. The first-order valence-electron chi connectivity index (χ1n) is 8.42. The third-order valence-electron chi connectivity index (χ3n) is 4.51. The van der Waals surface area contributed by atoms with E-state index in [2.05, 4.69) is 9.88 Å². The summed E-state index contributed by atoms with van der Waals surface area (Å²) in [5.41, 5.74) is 1.65. The Labute approximate surface area is 153 Å². The summed E-state index contributed by atoms with van der Waals surface area (Å²) < 4.78 is 16.2. The quantitative estimate of drug-likeness (QED) is 0.816. The minimum Gasteiger partial charge on any atom is -0.493 e. The number of carbonyl (C=O) groups is 1. The average molecular weight is 357 g/mol. The number of pyridine rings is 1. The summed E-state index contributed by atoms with van der Waals surface area (Å²) >= 11 is 0. The highest BCUT2D eigenvalue weighted by atomic mass is 16.5. The van der Waals surface area contributed by atoms with Gasteiger partial charge in [0.05, 0.1) is 21.3 Å². The molecule has 1 aliphatic heterocycles. The zero-order chi connectivity index (χ0) is 18.5. The maximum atomic E-state index is 12.6. The molecule has 7 nitrogen and oxygen atoms in total. The molecule has 1 aromatic heterocycles. The Morgan fingerprint density at radius 3 is 2.00 bits per heavy atom. The molecule has 0 atom stereocenters. The molecular weight excluding hydrogens is 334 g/mol. The molecule has 3 rings (SSSR count). The van der Waals surface area contributed by atoms with E-state index in [1.807, 2.05) is 17.0 Å². The highest BCUT2D eigenvalue weighted by molar-refractivity contribution is 5.94. The van der Waals surface area contributed by atoms with Crippen molar-refractivity contribution >= 4 is 11.6 Å². The zero-order valence-corrected chi connectivity index (χ0v) is 15.3. The van der Waals surface area contributed by atoms with Crippen molar-refractivity contribution < 1.29 is 19.0 Å². The van der Waals surface area contributed by atoms with Crippen molar-refractivity contribution in [2.24, 2.45) is 0 Å². The molecule has 1 aromatic carbocycles. The van der Waals surface area contributed by atoms with Crippen LogP contribution in [0.1, 0.15) is 10.4 Å². The maximum Gasteiger partial charge on any atom is 0.254 e. The van der Waals surface area contributed by atoms with Crippen LogP contribution in [-0.4, -0.2) is 63.3 Å². The molecule has 2 aromatic rings. The predicted molar refractivity (Wildman–Crippen MR) is 98.5 cm³/mol. The van der Waals surface area contributed by atoms with Crippen LogP contribution in [-0.2, 0) is 0 Å². The van der Waals surface area contributed by atoms with Crippen molar-refractivity contribution in [2.75, 3.05) is 52.4 Å². The van der Waals surface area contributed by atoms with Gasteiger partial charge in [0, 0.05) is 62.0 Å². The number of carbonyl (C=O) groups excluding carboxylic acids is 1. The van der Waals surface area contributed by atoms with E-state index in [-0.39, 0.29) is 5.91 Å². The molecule has 0 saturated carbocycles. The van der Waals surface area contributed by atoms with Gasteiger partial charge in [0.25, 0.3) is 5.91 Å². The Morgan fingerprint density at radius 1 is 0.923 bits per heavy atom. The van der Waals surface area contributed by atoms with Gasteiger partial charge in [-0.15, -0.1) is 0 Å². The first-order chi connectivity index (χ1) is 12.7. The summed E-state index contributed by atoms with van der Waals surface area (Å²) in [5.74, 6) is 1.86. The number of rotatable bonds is 5. The van der Waals surface area contributed by atoms with E-state index < -0.39 is 0 Å². The van der Waals surface area contributed by atoms with Gasteiger partial charge in [-0.1, -0.05) is 0 Å². The van der Waals surface area contributed by atoms with Crippen molar-refractivity contribution in [1.29, 1.82) is 0 Å². The zero-order valence-electron chi connectivity index (χ0n) is 15.3. The van der Waals surface area contributed by atoms with Gasteiger partial charge in [-0.2, -0.15) is 0 Å². The molecule has 1 fully saturated rings.